The van der Waals surface area contributed by atoms with Crippen molar-refractivity contribution >= 4 is 27.4 Å². The van der Waals surface area contributed by atoms with Crippen LogP contribution in [0.3, 0.4) is 0 Å². The molecular formula is C21H27N5O6S. The average Bonchev–Trinajstić information content (AvgIpc) is 3.21. The Morgan fingerprint density at radius 2 is 2.00 bits per heavy atom. The van der Waals surface area contributed by atoms with E-state index >= 15 is 0 Å². The molecule has 0 saturated carbocycles. The number of sulfonamides is 1. The Labute approximate surface area is 190 Å². The molecule has 1 saturated heterocycles. The van der Waals surface area contributed by atoms with Gasteiger partial charge in [0, 0.05) is 38.6 Å². The molecule has 0 radical (unpaired) electrons. The molecule has 3 heterocycles. The van der Waals surface area contributed by atoms with E-state index in [9.17, 15) is 18.0 Å². The number of nitrogens with zero attached hydrogens (tertiary/aromatic N) is 4. The van der Waals surface area contributed by atoms with E-state index in [1.807, 2.05) is 17.7 Å². The van der Waals surface area contributed by atoms with E-state index in [0.717, 1.165) is 29.7 Å². The van der Waals surface area contributed by atoms with E-state index in [4.69, 9.17) is 9.90 Å². The summed E-state index contributed by atoms with van der Waals surface area (Å²) in [4.78, 5) is 39.5. The van der Waals surface area contributed by atoms with Gasteiger partial charge in [-0.3, -0.25) is 14.2 Å². The Bertz CT molecular complexity index is 1360. The van der Waals surface area contributed by atoms with Gasteiger partial charge in [0.25, 0.3) is 12.0 Å². The first kappa shape index (κ1) is 24.4. The number of imidazole rings is 1. The van der Waals surface area contributed by atoms with Gasteiger partial charge in [0.2, 0.25) is 10.0 Å². The number of aromatic amines is 1. The lowest BCUT2D eigenvalue weighted by molar-refractivity contribution is -0.122. The molecule has 178 valence electrons. The third-order valence-electron chi connectivity index (χ3n) is 5.88. The largest absolute Gasteiger partial charge is 0.483 e. The van der Waals surface area contributed by atoms with Gasteiger partial charge >= 0.3 is 5.69 Å². The van der Waals surface area contributed by atoms with Crippen LogP contribution >= 0.6 is 0 Å². The molecule has 1 aliphatic heterocycles. The number of H-pyrrole nitrogens is 1. The van der Waals surface area contributed by atoms with Gasteiger partial charge < -0.3 is 14.7 Å². The average molecular weight is 478 g/mol. The van der Waals surface area contributed by atoms with Crippen LogP contribution in [0.5, 0.6) is 0 Å². The fourth-order valence-corrected chi connectivity index (χ4v) is 5.83. The highest BCUT2D eigenvalue weighted by atomic mass is 32.2. The van der Waals surface area contributed by atoms with Crippen molar-refractivity contribution in [3.8, 4) is 0 Å². The highest BCUT2D eigenvalue weighted by Gasteiger charge is 2.33. The van der Waals surface area contributed by atoms with Crippen molar-refractivity contribution in [2.45, 2.75) is 50.1 Å². The summed E-state index contributed by atoms with van der Waals surface area (Å²) in [5.41, 5.74) is -0.724. The Hall–Kier alpha value is -3.25. The Balaban J connectivity index is 0.000000968. The molecule has 2 aromatic heterocycles. The molecule has 0 amide bonds. The maximum Gasteiger partial charge on any atom is 0.328 e. The van der Waals surface area contributed by atoms with E-state index in [1.165, 1.54) is 25.2 Å². The molecule has 1 atom stereocenters. The summed E-state index contributed by atoms with van der Waals surface area (Å²) in [7, 11) is -2.41. The predicted octanol–water partition coefficient (Wildman–Crippen LogP) is 1.07. The minimum absolute atomic E-state index is 0.0739. The Kier molecular flexibility index (Phi) is 7.49. The van der Waals surface area contributed by atoms with Gasteiger partial charge in [-0.2, -0.15) is 4.31 Å². The zero-order chi connectivity index (χ0) is 24.2. The molecule has 0 spiro atoms. The fourth-order valence-electron chi connectivity index (χ4n) is 4.08. The van der Waals surface area contributed by atoms with Crippen molar-refractivity contribution in [3.63, 3.8) is 0 Å². The standard InChI is InChI=1S/C20H25N5O4S.CH2O2/c1-14-21-9-12-24(14)11-8-15-5-3-4-10-25(15)30(28,29)16-6-7-18-17(13-16)19(26)23(2)20(27)22-18;2-1-3/h6-7,9,12-13,15H,3-5,8,10-11H2,1-2H3,(H,22,27);1H,(H,2,3). The zero-order valence-corrected chi connectivity index (χ0v) is 19.3. The predicted molar refractivity (Wildman–Crippen MR) is 122 cm³/mol. The molecule has 3 aromatic rings. The van der Waals surface area contributed by atoms with Crippen LogP contribution in [0.25, 0.3) is 10.9 Å². The molecule has 0 bridgehead atoms. The molecule has 1 fully saturated rings. The highest BCUT2D eigenvalue weighted by Crippen LogP contribution is 2.28. The summed E-state index contributed by atoms with van der Waals surface area (Å²) in [5, 5.41) is 7.07. The summed E-state index contributed by atoms with van der Waals surface area (Å²) in [6.45, 7) is 2.83. The normalized spacial score (nSPS) is 16.8. The maximum absolute atomic E-state index is 13.5. The maximum atomic E-state index is 13.5. The molecule has 0 aliphatic carbocycles. The number of hydrogen-bond donors (Lipinski definition) is 2. The van der Waals surface area contributed by atoms with Crippen LogP contribution in [-0.4, -0.2) is 56.0 Å². The van der Waals surface area contributed by atoms with Crippen molar-refractivity contribution < 1.29 is 18.3 Å². The molecule has 2 N–H and O–H groups in total. The van der Waals surface area contributed by atoms with Crippen molar-refractivity contribution in [2.75, 3.05) is 6.54 Å². The lowest BCUT2D eigenvalue weighted by Crippen LogP contribution is -2.44. The number of fused-ring (bicyclic) bond motifs is 1. The van der Waals surface area contributed by atoms with Crippen LogP contribution in [-0.2, 0) is 28.4 Å². The number of hydrogen-bond acceptors (Lipinski definition) is 6. The third kappa shape index (κ3) is 5.06. The topological polar surface area (TPSA) is 147 Å². The summed E-state index contributed by atoms with van der Waals surface area (Å²) in [6, 6.07) is 4.20. The summed E-state index contributed by atoms with van der Waals surface area (Å²) < 4.78 is 31.5. The summed E-state index contributed by atoms with van der Waals surface area (Å²) >= 11 is 0. The van der Waals surface area contributed by atoms with E-state index in [-0.39, 0.29) is 22.8 Å². The number of benzene rings is 1. The van der Waals surface area contributed by atoms with Crippen LogP contribution < -0.4 is 11.2 Å². The lowest BCUT2D eigenvalue weighted by Gasteiger charge is -2.35. The van der Waals surface area contributed by atoms with Gasteiger partial charge in [0.05, 0.1) is 15.8 Å². The smallest absolute Gasteiger partial charge is 0.328 e. The highest BCUT2D eigenvalue weighted by molar-refractivity contribution is 7.89. The molecule has 33 heavy (non-hydrogen) atoms. The van der Waals surface area contributed by atoms with Crippen molar-refractivity contribution in [3.05, 3.63) is 57.3 Å². The van der Waals surface area contributed by atoms with Crippen LogP contribution in [0.4, 0.5) is 0 Å². The monoisotopic (exact) mass is 477 g/mol. The Morgan fingerprint density at radius 3 is 2.67 bits per heavy atom. The molecule has 1 unspecified atom stereocenters. The molecule has 4 rings (SSSR count). The van der Waals surface area contributed by atoms with Crippen LogP contribution in [0, 0.1) is 6.92 Å². The Morgan fingerprint density at radius 1 is 1.27 bits per heavy atom. The molecule has 12 heteroatoms. The number of carboxylic acid groups (broad SMARTS) is 1. The second-order valence-electron chi connectivity index (χ2n) is 7.83. The number of aromatic nitrogens is 4. The van der Waals surface area contributed by atoms with E-state index in [0.29, 0.717) is 25.0 Å². The molecule has 1 aliphatic rings. The number of carbonyl (C=O) groups is 1. The second kappa shape index (κ2) is 10.1. The van der Waals surface area contributed by atoms with Gasteiger partial charge in [-0.15, -0.1) is 0 Å². The SMILES string of the molecule is Cc1nccn1CCC1CCCCN1S(=O)(=O)c1ccc2[nH]c(=O)n(C)c(=O)c2c1.O=CO. The van der Waals surface area contributed by atoms with Gasteiger partial charge in [0.15, 0.2) is 0 Å². The number of rotatable bonds is 5. The van der Waals surface area contributed by atoms with Crippen molar-refractivity contribution in [1.82, 2.24) is 23.4 Å². The van der Waals surface area contributed by atoms with E-state index < -0.39 is 21.3 Å². The number of nitrogens with one attached hydrogen (secondary N) is 1. The van der Waals surface area contributed by atoms with Crippen LogP contribution in [0.15, 0.2) is 45.1 Å². The zero-order valence-electron chi connectivity index (χ0n) is 18.5. The number of piperidine rings is 1. The van der Waals surface area contributed by atoms with Crippen LogP contribution in [0.1, 0.15) is 31.5 Å². The first-order valence-corrected chi connectivity index (χ1v) is 11.9. The third-order valence-corrected chi connectivity index (χ3v) is 7.83. The molecule has 1 aromatic carbocycles. The minimum Gasteiger partial charge on any atom is -0.483 e. The summed E-state index contributed by atoms with van der Waals surface area (Å²) in [6.07, 6.45) is 6.93. The summed E-state index contributed by atoms with van der Waals surface area (Å²) in [5.74, 6) is 0.902. The minimum atomic E-state index is -3.78. The van der Waals surface area contributed by atoms with Crippen molar-refractivity contribution in [2.24, 2.45) is 7.05 Å². The quantitative estimate of drug-likeness (QED) is 0.522. The number of aryl methyl sites for hydroxylation is 2. The van der Waals surface area contributed by atoms with Crippen molar-refractivity contribution in [1.29, 1.82) is 0 Å². The van der Waals surface area contributed by atoms with Gasteiger partial charge in [-0.05, 0) is 44.4 Å². The van der Waals surface area contributed by atoms with Gasteiger partial charge in [-0.1, -0.05) is 6.42 Å². The van der Waals surface area contributed by atoms with E-state index in [1.54, 1.807) is 10.5 Å². The fraction of sp³-hybridized carbons (Fsp3) is 0.429. The lowest BCUT2D eigenvalue weighted by atomic mass is 10.0. The van der Waals surface area contributed by atoms with Gasteiger partial charge in [0.1, 0.15) is 5.82 Å². The van der Waals surface area contributed by atoms with E-state index in [2.05, 4.69) is 9.97 Å². The van der Waals surface area contributed by atoms with Gasteiger partial charge in [-0.25, -0.2) is 18.2 Å². The second-order valence-corrected chi connectivity index (χ2v) is 9.72. The first-order chi connectivity index (χ1) is 15.7. The molecule has 11 nitrogen and oxygen atoms in total. The first-order valence-electron chi connectivity index (χ1n) is 10.5. The molecular weight excluding hydrogens is 450 g/mol. The van der Waals surface area contributed by atoms with Crippen LogP contribution in [0.2, 0.25) is 0 Å².